The molecule has 1 aromatic rings. The average molecular weight is 355 g/mol. The Hall–Kier alpha value is -0.940. The second-order valence-electron chi connectivity index (χ2n) is 5.92. The number of carbonyl (C=O) groups excluding carboxylic acids is 1. The van der Waals surface area contributed by atoms with Gasteiger partial charge in [0.15, 0.2) is 0 Å². The highest BCUT2D eigenvalue weighted by Crippen LogP contribution is 2.23. The van der Waals surface area contributed by atoms with Crippen molar-refractivity contribution in [2.24, 2.45) is 0 Å². The van der Waals surface area contributed by atoms with Crippen LogP contribution in [0.5, 0.6) is 0 Å². The summed E-state index contributed by atoms with van der Waals surface area (Å²) in [5, 5.41) is 0. The second kappa shape index (κ2) is 6.44. The van der Waals surface area contributed by atoms with Crippen LogP contribution in [0.3, 0.4) is 0 Å². The van der Waals surface area contributed by atoms with E-state index in [1.54, 1.807) is 12.1 Å². The van der Waals surface area contributed by atoms with Crippen LogP contribution in [0, 0.1) is 5.82 Å². The first-order valence-corrected chi connectivity index (χ1v) is 8.43. The number of likely N-dealkylation sites (tertiary alicyclic amines) is 2. The van der Waals surface area contributed by atoms with Crippen molar-refractivity contribution in [3.05, 3.63) is 34.1 Å². The second-order valence-corrected chi connectivity index (χ2v) is 6.77. The van der Waals surface area contributed by atoms with Gasteiger partial charge in [0, 0.05) is 24.7 Å². The Morgan fingerprint density at radius 2 is 1.95 bits per heavy atom. The summed E-state index contributed by atoms with van der Waals surface area (Å²) < 4.78 is 13.6. The highest BCUT2D eigenvalue weighted by Gasteiger charge is 2.29. The maximum absolute atomic E-state index is 13.3. The van der Waals surface area contributed by atoms with Gasteiger partial charge in [0.2, 0.25) is 0 Å². The molecule has 1 atom stereocenters. The van der Waals surface area contributed by atoms with Crippen molar-refractivity contribution in [3.63, 3.8) is 0 Å². The zero-order valence-electron chi connectivity index (χ0n) is 12.0. The van der Waals surface area contributed by atoms with Gasteiger partial charge in [0.1, 0.15) is 5.82 Å². The van der Waals surface area contributed by atoms with Gasteiger partial charge in [-0.05, 0) is 72.9 Å². The standard InChI is InChI=1S/C16H20BrFN2O/c17-14-10-12(5-6-15(14)18)16(21)20-9-3-4-13(11-20)19-7-1-2-8-19/h5-6,10,13H,1-4,7-9,11H2. The van der Waals surface area contributed by atoms with Crippen molar-refractivity contribution >= 4 is 21.8 Å². The maximum atomic E-state index is 13.3. The van der Waals surface area contributed by atoms with Crippen LogP contribution >= 0.6 is 15.9 Å². The summed E-state index contributed by atoms with van der Waals surface area (Å²) in [7, 11) is 0. The number of rotatable bonds is 2. The van der Waals surface area contributed by atoms with Crippen LogP contribution in [-0.2, 0) is 0 Å². The van der Waals surface area contributed by atoms with Crippen LogP contribution in [-0.4, -0.2) is 47.9 Å². The molecular weight excluding hydrogens is 335 g/mol. The number of benzene rings is 1. The number of nitrogens with zero attached hydrogens (tertiary/aromatic N) is 2. The van der Waals surface area contributed by atoms with Crippen molar-refractivity contribution in [1.29, 1.82) is 0 Å². The summed E-state index contributed by atoms with van der Waals surface area (Å²) in [5.41, 5.74) is 0.561. The topological polar surface area (TPSA) is 23.6 Å². The highest BCUT2D eigenvalue weighted by atomic mass is 79.9. The lowest BCUT2D eigenvalue weighted by Crippen LogP contribution is -2.49. The fraction of sp³-hybridized carbons (Fsp3) is 0.562. The molecule has 0 bridgehead atoms. The van der Waals surface area contributed by atoms with Crippen molar-refractivity contribution in [2.75, 3.05) is 26.2 Å². The summed E-state index contributed by atoms with van der Waals surface area (Å²) in [4.78, 5) is 17.0. The maximum Gasteiger partial charge on any atom is 0.253 e. The van der Waals surface area contributed by atoms with Crippen LogP contribution in [0.1, 0.15) is 36.0 Å². The molecular formula is C16H20BrFN2O. The molecule has 0 radical (unpaired) electrons. The number of amides is 1. The van der Waals surface area contributed by atoms with E-state index in [2.05, 4.69) is 20.8 Å². The molecule has 3 rings (SSSR count). The number of hydrogen-bond acceptors (Lipinski definition) is 2. The average Bonchev–Trinajstić information content (AvgIpc) is 3.04. The Morgan fingerprint density at radius 3 is 2.67 bits per heavy atom. The van der Waals surface area contributed by atoms with E-state index in [4.69, 9.17) is 0 Å². The lowest BCUT2D eigenvalue weighted by molar-refractivity contribution is 0.0608. The highest BCUT2D eigenvalue weighted by molar-refractivity contribution is 9.10. The number of halogens is 2. The van der Waals surface area contributed by atoms with Crippen LogP contribution < -0.4 is 0 Å². The largest absolute Gasteiger partial charge is 0.337 e. The van der Waals surface area contributed by atoms with Gasteiger partial charge in [-0.3, -0.25) is 9.69 Å². The normalized spacial score (nSPS) is 23.5. The van der Waals surface area contributed by atoms with Crippen LogP contribution in [0.25, 0.3) is 0 Å². The van der Waals surface area contributed by atoms with E-state index < -0.39 is 0 Å². The van der Waals surface area contributed by atoms with Gasteiger partial charge >= 0.3 is 0 Å². The first-order valence-electron chi connectivity index (χ1n) is 7.63. The molecule has 2 aliphatic rings. The number of hydrogen-bond donors (Lipinski definition) is 0. The first kappa shape index (κ1) is 15.0. The molecule has 21 heavy (non-hydrogen) atoms. The third-order valence-corrected chi connectivity index (χ3v) is 5.12. The predicted molar refractivity (Wildman–Crippen MR) is 83.8 cm³/mol. The SMILES string of the molecule is O=C(c1ccc(F)c(Br)c1)N1CCCC(N2CCCC2)C1. The van der Waals surface area contributed by atoms with E-state index in [9.17, 15) is 9.18 Å². The molecule has 0 aliphatic carbocycles. The third kappa shape index (κ3) is 3.29. The molecule has 0 saturated carbocycles. The summed E-state index contributed by atoms with van der Waals surface area (Å²) in [6, 6.07) is 4.99. The Kier molecular flexibility index (Phi) is 4.60. The van der Waals surface area contributed by atoms with E-state index in [1.165, 1.54) is 25.3 Å². The Bertz CT molecular complexity index is 531. The van der Waals surface area contributed by atoms with Crippen molar-refractivity contribution in [1.82, 2.24) is 9.80 Å². The zero-order valence-corrected chi connectivity index (χ0v) is 13.6. The fourth-order valence-electron chi connectivity index (χ4n) is 3.36. The Labute approximate surface area is 133 Å². The van der Waals surface area contributed by atoms with E-state index in [0.29, 0.717) is 16.1 Å². The molecule has 1 amide bonds. The van der Waals surface area contributed by atoms with E-state index in [0.717, 1.165) is 32.6 Å². The van der Waals surface area contributed by atoms with Gasteiger partial charge in [-0.25, -0.2) is 4.39 Å². The summed E-state index contributed by atoms with van der Waals surface area (Å²) in [6.45, 7) is 3.93. The summed E-state index contributed by atoms with van der Waals surface area (Å²) >= 11 is 3.15. The third-order valence-electron chi connectivity index (χ3n) is 4.51. The summed E-state index contributed by atoms with van der Waals surface area (Å²) in [5.74, 6) is -0.320. The first-order chi connectivity index (χ1) is 10.1. The molecule has 0 spiro atoms. The molecule has 1 unspecified atom stereocenters. The quantitative estimate of drug-likeness (QED) is 0.813. The minimum absolute atomic E-state index is 0.0135. The minimum Gasteiger partial charge on any atom is -0.337 e. The van der Waals surface area contributed by atoms with Gasteiger partial charge in [-0.15, -0.1) is 0 Å². The molecule has 2 aliphatic heterocycles. The lowest BCUT2D eigenvalue weighted by atomic mass is 10.0. The molecule has 2 heterocycles. The van der Waals surface area contributed by atoms with Gasteiger partial charge in [0.25, 0.3) is 5.91 Å². The van der Waals surface area contributed by atoms with Gasteiger partial charge < -0.3 is 4.90 Å². The van der Waals surface area contributed by atoms with Crippen molar-refractivity contribution in [3.8, 4) is 0 Å². The van der Waals surface area contributed by atoms with E-state index in [-0.39, 0.29) is 11.7 Å². The molecule has 0 N–H and O–H groups in total. The smallest absolute Gasteiger partial charge is 0.253 e. The lowest BCUT2D eigenvalue weighted by Gasteiger charge is -2.37. The van der Waals surface area contributed by atoms with Crippen LogP contribution in [0.4, 0.5) is 4.39 Å². The monoisotopic (exact) mass is 354 g/mol. The van der Waals surface area contributed by atoms with Crippen molar-refractivity contribution in [2.45, 2.75) is 31.7 Å². The van der Waals surface area contributed by atoms with E-state index in [1.807, 2.05) is 4.90 Å². The summed E-state index contributed by atoms with van der Waals surface area (Å²) in [6.07, 6.45) is 4.77. The fourth-order valence-corrected chi connectivity index (χ4v) is 3.73. The van der Waals surface area contributed by atoms with Gasteiger partial charge in [-0.1, -0.05) is 0 Å². The van der Waals surface area contributed by atoms with Gasteiger partial charge in [0.05, 0.1) is 4.47 Å². The molecule has 2 saturated heterocycles. The Morgan fingerprint density at radius 1 is 1.19 bits per heavy atom. The molecule has 1 aromatic carbocycles. The van der Waals surface area contributed by atoms with Crippen molar-refractivity contribution < 1.29 is 9.18 Å². The Balaban J connectivity index is 1.70. The molecule has 3 nitrogen and oxygen atoms in total. The minimum atomic E-state index is -0.333. The zero-order chi connectivity index (χ0) is 14.8. The van der Waals surface area contributed by atoms with Gasteiger partial charge in [-0.2, -0.15) is 0 Å². The number of carbonyl (C=O) groups is 1. The molecule has 2 fully saturated rings. The van der Waals surface area contributed by atoms with E-state index >= 15 is 0 Å². The van der Waals surface area contributed by atoms with Crippen LogP contribution in [0.15, 0.2) is 22.7 Å². The molecule has 114 valence electrons. The molecule has 5 heteroatoms. The predicted octanol–water partition coefficient (Wildman–Crippen LogP) is 3.29. The van der Waals surface area contributed by atoms with Crippen LogP contribution in [0.2, 0.25) is 0 Å². The number of piperidine rings is 1. The molecule has 0 aromatic heterocycles.